The molecule has 0 fully saturated rings. The molecule has 1 rings (SSSR count). The van der Waals surface area contributed by atoms with Gasteiger partial charge in [0.25, 0.3) is 0 Å². The van der Waals surface area contributed by atoms with Gasteiger partial charge in [-0.3, -0.25) is 0 Å². The van der Waals surface area contributed by atoms with Gasteiger partial charge in [-0.2, -0.15) is 3.71 Å². The Balaban J connectivity index is 3.04. The van der Waals surface area contributed by atoms with Crippen molar-refractivity contribution in [2.45, 2.75) is 0 Å². The molecule has 38 valence electrons. The summed E-state index contributed by atoms with van der Waals surface area (Å²) >= 11 is 6.15. The van der Waals surface area contributed by atoms with Gasteiger partial charge in [0.15, 0.2) is 0 Å². The minimum Gasteiger partial charge on any atom is -0.184 e. The maximum atomic E-state index is 3.60. The summed E-state index contributed by atoms with van der Waals surface area (Å²) in [6.45, 7) is 0. The Bertz CT molecular complexity index is 143. The Morgan fingerprint density at radius 1 is 1.71 bits per heavy atom. The van der Waals surface area contributed by atoms with Gasteiger partial charge in [-0.25, -0.2) is 0 Å². The lowest BCUT2D eigenvalue weighted by molar-refractivity contribution is 0.900. The molecular formula is C2HBr2N3. The smallest absolute Gasteiger partial charge is 0.149 e. The Labute approximate surface area is 57.2 Å². The van der Waals surface area contributed by atoms with Crippen LogP contribution in [0.5, 0.6) is 0 Å². The lowest BCUT2D eigenvalue weighted by Crippen LogP contribution is -1.75. The molecule has 0 radical (unpaired) electrons. The molecule has 0 spiro atoms. The van der Waals surface area contributed by atoms with E-state index in [9.17, 15) is 0 Å². The van der Waals surface area contributed by atoms with Crippen molar-refractivity contribution in [3.05, 3.63) is 10.8 Å². The summed E-state index contributed by atoms with van der Waals surface area (Å²) in [5, 5.41) is 7.15. The average Bonchev–Trinajstić information content (AvgIpc) is 1.87. The van der Waals surface area contributed by atoms with Crippen LogP contribution in [0.3, 0.4) is 0 Å². The molecule has 0 N–H and O–H groups in total. The molecular weight excluding hydrogens is 226 g/mol. The lowest BCUT2D eigenvalue weighted by Gasteiger charge is -1.70. The summed E-state index contributed by atoms with van der Waals surface area (Å²) in [5.74, 6) is 0. The molecule has 1 heterocycles. The molecule has 0 saturated heterocycles. The number of halogens is 2. The summed E-state index contributed by atoms with van der Waals surface area (Å²) < 4.78 is 2.17. The highest BCUT2D eigenvalue weighted by atomic mass is 79.9. The first kappa shape index (κ1) is 5.24. The van der Waals surface area contributed by atoms with Crippen LogP contribution < -0.4 is 0 Å². The second kappa shape index (κ2) is 1.92. The molecule has 7 heavy (non-hydrogen) atoms. The average molecular weight is 227 g/mol. The van der Waals surface area contributed by atoms with Crippen LogP contribution in [0.25, 0.3) is 0 Å². The molecule has 0 unspecified atom stereocenters. The van der Waals surface area contributed by atoms with E-state index < -0.39 is 0 Å². The van der Waals surface area contributed by atoms with Crippen LogP contribution in [0, 0.1) is 0 Å². The van der Waals surface area contributed by atoms with E-state index in [0.717, 1.165) is 4.60 Å². The second-order valence-electron chi connectivity index (χ2n) is 0.930. The van der Waals surface area contributed by atoms with Gasteiger partial charge < -0.3 is 0 Å². The van der Waals surface area contributed by atoms with E-state index in [1.54, 1.807) is 6.20 Å². The van der Waals surface area contributed by atoms with E-state index in [-0.39, 0.29) is 0 Å². The zero-order chi connectivity index (χ0) is 5.28. The summed E-state index contributed by atoms with van der Waals surface area (Å²) in [6.07, 6.45) is 1.69. The number of hydrogen-bond donors (Lipinski definition) is 0. The van der Waals surface area contributed by atoms with E-state index in [0.29, 0.717) is 0 Å². The van der Waals surface area contributed by atoms with Crippen molar-refractivity contribution in [2.75, 3.05) is 0 Å². The lowest BCUT2D eigenvalue weighted by atomic mass is 11.0. The van der Waals surface area contributed by atoms with Crippen LogP contribution in [0.1, 0.15) is 0 Å². The Morgan fingerprint density at radius 2 is 2.43 bits per heavy atom. The molecule has 1 aromatic rings. The van der Waals surface area contributed by atoms with Gasteiger partial charge >= 0.3 is 0 Å². The summed E-state index contributed by atoms with van der Waals surface area (Å²) in [6, 6.07) is 0. The molecule has 0 saturated carbocycles. The monoisotopic (exact) mass is 225 g/mol. The predicted molar refractivity (Wildman–Crippen MR) is 32.0 cm³/mol. The van der Waals surface area contributed by atoms with E-state index >= 15 is 0 Å². The van der Waals surface area contributed by atoms with Crippen molar-refractivity contribution < 1.29 is 0 Å². The number of aromatic nitrogens is 3. The molecule has 1 aromatic heterocycles. The van der Waals surface area contributed by atoms with Crippen LogP contribution in [0.4, 0.5) is 0 Å². The molecule has 0 aliphatic carbocycles. The summed E-state index contributed by atoms with van der Waals surface area (Å²) in [7, 11) is 0. The molecule has 0 aliphatic rings. The summed E-state index contributed by atoms with van der Waals surface area (Å²) in [4.78, 5) is 0. The minimum atomic E-state index is 0.726. The Kier molecular flexibility index (Phi) is 1.43. The fourth-order valence-electron chi connectivity index (χ4n) is 0.225. The van der Waals surface area contributed by atoms with Gasteiger partial charge in [-0.1, -0.05) is 5.21 Å². The second-order valence-corrected chi connectivity index (χ2v) is 2.47. The van der Waals surface area contributed by atoms with Crippen LogP contribution in [0.15, 0.2) is 10.8 Å². The molecule has 0 aliphatic heterocycles. The highest BCUT2D eigenvalue weighted by Gasteiger charge is 1.87. The zero-order valence-electron chi connectivity index (χ0n) is 3.17. The first-order chi connectivity index (χ1) is 3.29. The maximum absolute atomic E-state index is 3.60. The van der Waals surface area contributed by atoms with E-state index in [1.807, 2.05) is 0 Å². The third-order valence-corrected chi connectivity index (χ3v) is 1.15. The van der Waals surface area contributed by atoms with Gasteiger partial charge in [0.05, 0.1) is 22.3 Å². The zero-order valence-corrected chi connectivity index (χ0v) is 6.35. The van der Waals surface area contributed by atoms with Crippen molar-refractivity contribution in [2.24, 2.45) is 0 Å². The van der Waals surface area contributed by atoms with Gasteiger partial charge in [0, 0.05) is 0 Å². The molecule has 3 nitrogen and oxygen atoms in total. The highest BCUT2D eigenvalue weighted by Crippen LogP contribution is 2.02. The van der Waals surface area contributed by atoms with E-state index in [4.69, 9.17) is 0 Å². The van der Waals surface area contributed by atoms with Crippen LogP contribution in [-0.2, 0) is 0 Å². The topological polar surface area (TPSA) is 30.7 Å². The van der Waals surface area contributed by atoms with Crippen molar-refractivity contribution >= 4 is 32.1 Å². The van der Waals surface area contributed by atoms with Crippen molar-refractivity contribution in [1.82, 2.24) is 14.0 Å². The molecule has 5 heteroatoms. The minimum absolute atomic E-state index is 0.726. The molecule has 0 aromatic carbocycles. The first-order valence-electron chi connectivity index (χ1n) is 1.53. The quantitative estimate of drug-likeness (QED) is 0.666. The SMILES string of the molecule is Brc1cn(Br)nn1. The third-order valence-electron chi connectivity index (χ3n) is 0.439. The van der Waals surface area contributed by atoms with Crippen LogP contribution in [-0.4, -0.2) is 14.0 Å². The van der Waals surface area contributed by atoms with Crippen LogP contribution in [0.2, 0.25) is 0 Å². The summed E-state index contributed by atoms with van der Waals surface area (Å²) in [5.41, 5.74) is 0. The van der Waals surface area contributed by atoms with E-state index in [2.05, 4.69) is 42.4 Å². The fourth-order valence-corrected chi connectivity index (χ4v) is 1.03. The predicted octanol–water partition coefficient (Wildman–Crippen LogP) is 1.20. The normalized spacial score (nSPS) is 9.43. The van der Waals surface area contributed by atoms with Crippen molar-refractivity contribution in [1.29, 1.82) is 0 Å². The van der Waals surface area contributed by atoms with Crippen LogP contribution >= 0.6 is 32.1 Å². The fraction of sp³-hybridized carbons (Fsp3) is 0. The van der Waals surface area contributed by atoms with E-state index in [1.165, 1.54) is 3.71 Å². The van der Waals surface area contributed by atoms with Gasteiger partial charge in [0.2, 0.25) is 0 Å². The molecule has 0 amide bonds. The third kappa shape index (κ3) is 1.24. The Morgan fingerprint density at radius 3 is 2.57 bits per heavy atom. The van der Waals surface area contributed by atoms with Gasteiger partial charge in [-0.05, 0) is 15.9 Å². The van der Waals surface area contributed by atoms with Crippen molar-refractivity contribution in [3.8, 4) is 0 Å². The number of nitrogens with zero attached hydrogens (tertiary/aromatic N) is 3. The largest absolute Gasteiger partial charge is 0.184 e. The highest BCUT2D eigenvalue weighted by molar-refractivity contribution is 9.10. The number of hydrogen-bond acceptors (Lipinski definition) is 2. The van der Waals surface area contributed by atoms with Crippen molar-refractivity contribution in [3.63, 3.8) is 0 Å². The van der Waals surface area contributed by atoms with Gasteiger partial charge in [-0.15, -0.1) is 5.10 Å². The maximum Gasteiger partial charge on any atom is 0.149 e. The standard InChI is InChI=1S/C2HBr2N3/c3-2-1-7(4)6-5-2/h1H. The Hall–Kier alpha value is 0.1000. The first-order valence-corrected chi connectivity index (χ1v) is 3.03. The molecule has 0 atom stereocenters. The number of rotatable bonds is 0. The molecule has 0 bridgehead atoms. The van der Waals surface area contributed by atoms with Gasteiger partial charge in [0.1, 0.15) is 4.60 Å².